The van der Waals surface area contributed by atoms with E-state index < -0.39 is 8.32 Å². The molecule has 70 valence electrons. The van der Waals surface area contributed by atoms with Crippen LogP contribution in [0.4, 0.5) is 0 Å². The molecule has 0 aliphatic carbocycles. The lowest BCUT2D eigenvalue weighted by Gasteiger charge is -2.21. The molecule has 2 N–H and O–H groups in total. The Balaban J connectivity index is 0. The summed E-state index contributed by atoms with van der Waals surface area (Å²) in [5.74, 6) is 0. The lowest BCUT2D eigenvalue weighted by atomic mass is 10.5. The van der Waals surface area contributed by atoms with Gasteiger partial charge in [-0.15, -0.1) is 0 Å². The molecule has 0 aliphatic heterocycles. The monoisotopic (exact) mass is 193 g/mol. The molecule has 0 saturated carbocycles. The Bertz CT molecular complexity index is 88.5. The molecule has 0 aromatic rings. The van der Waals surface area contributed by atoms with Crippen LogP contribution in [0.25, 0.3) is 0 Å². The van der Waals surface area contributed by atoms with E-state index in [0.29, 0.717) is 0 Å². The largest absolute Gasteiger partial charge is 0.418 e. The quantitative estimate of drug-likeness (QED) is 0.630. The molecule has 0 rings (SSSR count). The second kappa shape index (κ2) is 7.03. The van der Waals surface area contributed by atoms with Gasteiger partial charge >= 0.3 is 0 Å². The van der Waals surface area contributed by atoms with Crippen LogP contribution in [0, 0.1) is 0 Å². The Morgan fingerprint density at radius 2 is 1.91 bits per heavy atom. The van der Waals surface area contributed by atoms with Gasteiger partial charge in [-0.05, 0) is 50.0 Å². The molecule has 0 bridgehead atoms. The van der Waals surface area contributed by atoms with E-state index in [1.807, 2.05) is 0 Å². The summed E-state index contributed by atoms with van der Waals surface area (Å²) in [5, 5.41) is 0. The number of hydrogen-bond donors (Lipinski definition) is 1. The summed E-state index contributed by atoms with van der Waals surface area (Å²) in [7, 11) is -1.30. The van der Waals surface area contributed by atoms with Gasteiger partial charge in [0.25, 0.3) is 0 Å². The average molecular weight is 193 g/mol. The minimum Gasteiger partial charge on any atom is -0.418 e. The van der Waals surface area contributed by atoms with Crippen LogP contribution < -0.4 is 5.73 Å². The highest BCUT2D eigenvalue weighted by molar-refractivity contribution is 6.71. The van der Waals surface area contributed by atoms with Crippen molar-refractivity contribution >= 4 is 19.3 Å². The molecule has 2 nitrogen and oxygen atoms in total. The number of rotatable bonds is 5. The third-order valence-electron chi connectivity index (χ3n) is 1.52. The number of nitrogens with two attached hydrogens (primary N) is 1. The second-order valence-electron chi connectivity index (χ2n) is 3.08. The predicted molar refractivity (Wildman–Crippen MR) is 58.9 cm³/mol. The maximum absolute atomic E-state index is 5.61. The first-order chi connectivity index (χ1) is 4.62. The highest BCUT2D eigenvalue weighted by atomic mass is 28.4. The van der Waals surface area contributed by atoms with Crippen molar-refractivity contribution in [3.05, 3.63) is 0 Å². The van der Waals surface area contributed by atoms with E-state index in [-0.39, 0.29) is 11.0 Å². The minimum atomic E-state index is -1.30. The molecule has 11 heavy (non-hydrogen) atoms. The Morgan fingerprint density at radius 3 is 2.27 bits per heavy atom. The fourth-order valence-corrected chi connectivity index (χ4v) is 2.97. The van der Waals surface area contributed by atoms with Gasteiger partial charge in [0, 0.05) is 6.61 Å². The standard InChI is InChI=1S/C7H19NOSi.H4Si/c1-4-9-10(2,3)7-5-6-8;/h4-8H2,1-3H3;1H4. The van der Waals surface area contributed by atoms with Gasteiger partial charge in [-0.3, -0.25) is 0 Å². The van der Waals surface area contributed by atoms with Crippen molar-refractivity contribution in [1.29, 1.82) is 0 Å². The first kappa shape index (κ1) is 13.9. The van der Waals surface area contributed by atoms with Crippen molar-refractivity contribution in [2.75, 3.05) is 13.2 Å². The lowest BCUT2D eigenvalue weighted by molar-refractivity contribution is 0.328. The van der Waals surface area contributed by atoms with Gasteiger partial charge in [0.05, 0.1) is 0 Å². The lowest BCUT2D eigenvalue weighted by Crippen LogP contribution is -2.30. The van der Waals surface area contributed by atoms with E-state index in [0.717, 1.165) is 19.6 Å². The molecule has 0 aromatic carbocycles. The maximum Gasteiger partial charge on any atom is 0.186 e. The zero-order valence-electron chi connectivity index (χ0n) is 7.31. The molecule has 0 unspecified atom stereocenters. The second-order valence-corrected chi connectivity index (χ2v) is 7.39. The van der Waals surface area contributed by atoms with E-state index in [4.69, 9.17) is 10.2 Å². The van der Waals surface area contributed by atoms with Crippen LogP contribution in [0.15, 0.2) is 0 Å². The minimum absolute atomic E-state index is 0. The Hall–Kier alpha value is 0.354. The van der Waals surface area contributed by atoms with Crippen molar-refractivity contribution in [2.24, 2.45) is 5.73 Å². The predicted octanol–water partition coefficient (Wildman–Crippen LogP) is 0.125. The van der Waals surface area contributed by atoms with Gasteiger partial charge < -0.3 is 10.2 Å². The van der Waals surface area contributed by atoms with E-state index in [1.54, 1.807) is 0 Å². The fourth-order valence-electron chi connectivity index (χ4n) is 0.991. The van der Waals surface area contributed by atoms with Crippen LogP contribution in [-0.4, -0.2) is 32.4 Å². The average Bonchev–Trinajstić information content (AvgIpc) is 1.84. The summed E-state index contributed by atoms with van der Waals surface area (Å²) < 4.78 is 5.61. The first-order valence-corrected chi connectivity index (χ1v) is 7.08. The number of hydrogen-bond acceptors (Lipinski definition) is 2. The molecule has 0 fully saturated rings. The Kier molecular flexibility index (Phi) is 8.89. The van der Waals surface area contributed by atoms with Crippen molar-refractivity contribution in [2.45, 2.75) is 32.5 Å². The summed E-state index contributed by atoms with van der Waals surface area (Å²) >= 11 is 0. The van der Waals surface area contributed by atoms with Gasteiger partial charge in [0.15, 0.2) is 8.32 Å². The summed E-state index contributed by atoms with van der Waals surface area (Å²) in [5.41, 5.74) is 5.40. The molecule has 0 saturated heterocycles. The van der Waals surface area contributed by atoms with Crippen molar-refractivity contribution in [3.8, 4) is 0 Å². The van der Waals surface area contributed by atoms with Gasteiger partial charge in [-0.25, -0.2) is 0 Å². The smallest absolute Gasteiger partial charge is 0.186 e. The van der Waals surface area contributed by atoms with Gasteiger partial charge in [0.2, 0.25) is 0 Å². The van der Waals surface area contributed by atoms with Crippen LogP contribution >= 0.6 is 0 Å². The third-order valence-corrected chi connectivity index (χ3v) is 4.15. The van der Waals surface area contributed by atoms with Crippen LogP contribution in [-0.2, 0) is 4.43 Å². The molecule has 4 heteroatoms. The highest BCUT2D eigenvalue weighted by Crippen LogP contribution is 2.12. The van der Waals surface area contributed by atoms with E-state index in [2.05, 4.69) is 20.0 Å². The normalized spacial score (nSPS) is 10.9. The molecule has 0 heterocycles. The molecular weight excluding hydrogens is 170 g/mol. The first-order valence-electron chi connectivity index (χ1n) is 3.96. The third kappa shape index (κ3) is 8.26. The van der Waals surface area contributed by atoms with Crippen LogP contribution in [0.2, 0.25) is 19.1 Å². The SMILES string of the molecule is CCO[Si](C)(C)CCCN.[SiH4]. The fraction of sp³-hybridized carbons (Fsp3) is 1.00. The molecule has 0 aliphatic rings. The summed E-state index contributed by atoms with van der Waals surface area (Å²) in [6.45, 7) is 8.18. The molecule has 0 atom stereocenters. The topological polar surface area (TPSA) is 35.2 Å². The van der Waals surface area contributed by atoms with Gasteiger partial charge in [0.1, 0.15) is 0 Å². The van der Waals surface area contributed by atoms with Crippen molar-refractivity contribution in [1.82, 2.24) is 0 Å². The van der Waals surface area contributed by atoms with Crippen LogP contribution in [0.5, 0.6) is 0 Å². The molecule has 0 aromatic heterocycles. The van der Waals surface area contributed by atoms with Gasteiger partial charge in [-0.2, -0.15) is 0 Å². The van der Waals surface area contributed by atoms with E-state index >= 15 is 0 Å². The van der Waals surface area contributed by atoms with Gasteiger partial charge in [-0.1, -0.05) is 0 Å². The zero-order valence-corrected chi connectivity index (χ0v) is 8.31. The van der Waals surface area contributed by atoms with Crippen LogP contribution in [0.3, 0.4) is 0 Å². The van der Waals surface area contributed by atoms with Crippen molar-refractivity contribution < 1.29 is 4.43 Å². The molecule has 0 amide bonds. The maximum atomic E-state index is 5.61. The van der Waals surface area contributed by atoms with E-state index in [9.17, 15) is 0 Å². The molecular formula is C7H23NOSi2. The zero-order chi connectivity index (χ0) is 8.04. The molecule has 0 spiro atoms. The summed E-state index contributed by atoms with van der Waals surface area (Å²) in [4.78, 5) is 0. The Labute approximate surface area is 75.7 Å². The molecule has 0 radical (unpaired) electrons. The van der Waals surface area contributed by atoms with Crippen LogP contribution in [0.1, 0.15) is 13.3 Å². The highest BCUT2D eigenvalue weighted by Gasteiger charge is 2.19. The van der Waals surface area contributed by atoms with Crippen molar-refractivity contribution in [3.63, 3.8) is 0 Å². The Morgan fingerprint density at radius 1 is 1.36 bits per heavy atom. The summed E-state index contributed by atoms with van der Waals surface area (Å²) in [6.07, 6.45) is 1.11. The van der Waals surface area contributed by atoms with E-state index in [1.165, 1.54) is 6.04 Å². The summed E-state index contributed by atoms with van der Waals surface area (Å²) in [6, 6.07) is 1.19.